The summed E-state index contributed by atoms with van der Waals surface area (Å²) in [6, 6.07) is 3.88. The number of rotatable bonds is 2. The summed E-state index contributed by atoms with van der Waals surface area (Å²) in [4.78, 5) is 4.29. The average molecular weight is 257 g/mol. The molecule has 2 nitrogen and oxygen atoms in total. The molecular weight excluding hydrogens is 240 g/mol. The Bertz CT molecular complexity index is 304. The Kier molecular flexibility index (Phi) is 3.67. The van der Waals surface area contributed by atoms with Crippen LogP contribution in [0.5, 0.6) is 0 Å². The van der Waals surface area contributed by atoms with Gasteiger partial charge in [0.05, 0.1) is 5.69 Å². The first-order valence-corrected chi connectivity index (χ1v) is 5.55. The van der Waals surface area contributed by atoms with Gasteiger partial charge in [-0.2, -0.15) is 0 Å². The largest absolute Gasteiger partial charge is 0.323 e. The number of hydrogen-bond donors (Lipinski definition) is 1. The molecule has 0 saturated heterocycles. The van der Waals surface area contributed by atoms with Gasteiger partial charge < -0.3 is 5.73 Å². The second-order valence-electron chi connectivity index (χ2n) is 4.74. The van der Waals surface area contributed by atoms with Crippen LogP contribution in [0.3, 0.4) is 0 Å². The van der Waals surface area contributed by atoms with Crippen LogP contribution in [-0.2, 0) is 0 Å². The summed E-state index contributed by atoms with van der Waals surface area (Å²) in [5, 5.41) is 0. The van der Waals surface area contributed by atoms with E-state index in [1.807, 2.05) is 12.1 Å². The molecule has 0 saturated carbocycles. The molecule has 1 heterocycles. The van der Waals surface area contributed by atoms with Crippen LogP contribution in [0.2, 0.25) is 0 Å². The van der Waals surface area contributed by atoms with Crippen LogP contribution in [0.25, 0.3) is 0 Å². The van der Waals surface area contributed by atoms with Gasteiger partial charge >= 0.3 is 0 Å². The zero-order valence-electron chi connectivity index (χ0n) is 8.92. The van der Waals surface area contributed by atoms with Gasteiger partial charge in [-0.1, -0.05) is 20.8 Å². The number of pyridine rings is 1. The standard InChI is InChI=1S/C11H17BrN2/c1-11(2,3)7-9(13)10-8(12)5-4-6-14-10/h4-6,9H,7,13H2,1-3H3. The van der Waals surface area contributed by atoms with E-state index in [1.54, 1.807) is 6.20 Å². The van der Waals surface area contributed by atoms with E-state index in [4.69, 9.17) is 5.73 Å². The average Bonchev–Trinajstić information content (AvgIpc) is 2.01. The van der Waals surface area contributed by atoms with Gasteiger partial charge in [0.2, 0.25) is 0 Å². The van der Waals surface area contributed by atoms with Gasteiger partial charge in [0, 0.05) is 16.7 Å². The van der Waals surface area contributed by atoms with Crippen LogP contribution in [0.4, 0.5) is 0 Å². The molecule has 0 spiro atoms. The van der Waals surface area contributed by atoms with Gasteiger partial charge in [-0.05, 0) is 39.9 Å². The third-order valence-corrected chi connectivity index (χ3v) is 2.64. The van der Waals surface area contributed by atoms with Crippen LogP contribution in [-0.4, -0.2) is 4.98 Å². The highest BCUT2D eigenvalue weighted by Crippen LogP contribution is 2.29. The summed E-state index contributed by atoms with van der Waals surface area (Å²) in [5.41, 5.74) is 7.27. The van der Waals surface area contributed by atoms with Crippen LogP contribution < -0.4 is 5.73 Å². The first kappa shape index (κ1) is 11.7. The van der Waals surface area contributed by atoms with Crippen molar-refractivity contribution < 1.29 is 0 Å². The van der Waals surface area contributed by atoms with Crippen molar-refractivity contribution in [3.63, 3.8) is 0 Å². The van der Waals surface area contributed by atoms with Crippen molar-refractivity contribution in [2.24, 2.45) is 11.1 Å². The number of aromatic nitrogens is 1. The molecule has 0 fully saturated rings. The maximum Gasteiger partial charge on any atom is 0.0712 e. The van der Waals surface area contributed by atoms with E-state index in [1.165, 1.54) is 0 Å². The van der Waals surface area contributed by atoms with Gasteiger partial charge in [0.25, 0.3) is 0 Å². The van der Waals surface area contributed by atoms with E-state index in [0.717, 1.165) is 16.6 Å². The van der Waals surface area contributed by atoms with E-state index in [-0.39, 0.29) is 11.5 Å². The molecule has 78 valence electrons. The van der Waals surface area contributed by atoms with Gasteiger partial charge in [-0.25, -0.2) is 0 Å². The third kappa shape index (κ3) is 3.39. The van der Waals surface area contributed by atoms with Crippen molar-refractivity contribution in [2.75, 3.05) is 0 Å². The molecule has 1 rings (SSSR count). The smallest absolute Gasteiger partial charge is 0.0712 e. The van der Waals surface area contributed by atoms with Crippen molar-refractivity contribution in [2.45, 2.75) is 33.2 Å². The van der Waals surface area contributed by atoms with Crippen LogP contribution in [0.1, 0.15) is 38.9 Å². The first-order chi connectivity index (χ1) is 6.40. The lowest BCUT2D eigenvalue weighted by Gasteiger charge is -2.23. The lowest BCUT2D eigenvalue weighted by Crippen LogP contribution is -2.20. The molecular formula is C11H17BrN2. The van der Waals surface area contributed by atoms with Gasteiger partial charge in [-0.15, -0.1) is 0 Å². The van der Waals surface area contributed by atoms with Crippen molar-refractivity contribution in [1.82, 2.24) is 4.98 Å². The molecule has 0 radical (unpaired) electrons. The molecule has 0 aliphatic carbocycles. The number of halogens is 1. The Morgan fingerprint density at radius 3 is 2.64 bits per heavy atom. The summed E-state index contributed by atoms with van der Waals surface area (Å²) in [6.07, 6.45) is 2.71. The molecule has 2 N–H and O–H groups in total. The molecule has 0 aliphatic heterocycles. The summed E-state index contributed by atoms with van der Waals surface area (Å²) in [5.74, 6) is 0. The lowest BCUT2D eigenvalue weighted by atomic mass is 9.87. The summed E-state index contributed by atoms with van der Waals surface area (Å²) >= 11 is 3.46. The molecule has 1 aromatic heterocycles. The summed E-state index contributed by atoms with van der Waals surface area (Å²) in [6.45, 7) is 6.55. The fourth-order valence-corrected chi connectivity index (χ4v) is 1.98. The minimum Gasteiger partial charge on any atom is -0.323 e. The van der Waals surface area contributed by atoms with Gasteiger partial charge in [0.1, 0.15) is 0 Å². The summed E-state index contributed by atoms with van der Waals surface area (Å²) in [7, 11) is 0. The molecule has 1 unspecified atom stereocenters. The van der Waals surface area contributed by atoms with Crippen LogP contribution >= 0.6 is 15.9 Å². The van der Waals surface area contributed by atoms with E-state index >= 15 is 0 Å². The van der Waals surface area contributed by atoms with Crippen molar-refractivity contribution in [1.29, 1.82) is 0 Å². The fraction of sp³-hybridized carbons (Fsp3) is 0.545. The monoisotopic (exact) mass is 256 g/mol. The van der Waals surface area contributed by atoms with Gasteiger partial charge in [0.15, 0.2) is 0 Å². The fourth-order valence-electron chi connectivity index (χ4n) is 1.43. The lowest BCUT2D eigenvalue weighted by molar-refractivity contribution is 0.339. The molecule has 0 bridgehead atoms. The minimum atomic E-state index is 0.00516. The molecule has 0 aliphatic rings. The minimum absolute atomic E-state index is 0.00516. The maximum atomic E-state index is 6.09. The zero-order chi connectivity index (χ0) is 10.8. The predicted molar refractivity (Wildman–Crippen MR) is 62.9 cm³/mol. The van der Waals surface area contributed by atoms with Crippen molar-refractivity contribution in [3.05, 3.63) is 28.5 Å². The topological polar surface area (TPSA) is 38.9 Å². The quantitative estimate of drug-likeness (QED) is 0.883. The maximum absolute atomic E-state index is 6.09. The third-order valence-electron chi connectivity index (χ3n) is 1.97. The normalized spacial score (nSPS) is 14.1. The van der Waals surface area contributed by atoms with Crippen LogP contribution in [0.15, 0.2) is 22.8 Å². The molecule has 3 heteroatoms. The molecule has 0 aromatic carbocycles. The second-order valence-corrected chi connectivity index (χ2v) is 5.60. The SMILES string of the molecule is CC(C)(C)CC(N)c1ncccc1Br. The highest BCUT2D eigenvalue weighted by Gasteiger charge is 2.19. The Balaban J connectivity index is 2.80. The molecule has 0 amide bonds. The Morgan fingerprint density at radius 2 is 2.14 bits per heavy atom. The Hall–Kier alpha value is -0.410. The Morgan fingerprint density at radius 1 is 1.50 bits per heavy atom. The second kappa shape index (κ2) is 4.41. The van der Waals surface area contributed by atoms with Gasteiger partial charge in [-0.3, -0.25) is 4.98 Å². The number of hydrogen-bond acceptors (Lipinski definition) is 2. The first-order valence-electron chi connectivity index (χ1n) is 4.76. The van der Waals surface area contributed by atoms with Crippen LogP contribution in [0, 0.1) is 5.41 Å². The highest BCUT2D eigenvalue weighted by atomic mass is 79.9. The van der Waals surface area contributed by atoms with E-state index in [9.17, 15) is 0 Å². The number of nitrogens with two attached hydrogens (primary N) is 1. The number of nitrogens with zero attached hydrogens (tertiary/aromatic N) is 1. The van der Waals surface area contributed by atoms with E-state index in [0.29, 0.717) is 0 Å². The van der Waals surface area contributed by atoms with E-state index < -0.39 is 0 Å². The predicted octanol–water partition coefficient (Wildman–Crippen LogP) is 3.28. The molecule has 1 atom stereocenters. The van der Waals surface area contributed by atoms with Crippen molar-refractivity contribution in [3.8, 4) is 0 Å². The summed E-state index contributed by atoms with van der Waals surface area (Å²) < 4.78 is 0.997. The van der Waals surface area contributed by atoms with Crippen molar-refractivity contribution >= 4 is 15.9 Å². The molecule has 1 aromatic rings. The molecule has 14 heavy (non-hydrogen) atoms. The van der Waals surface area contributed by atoms with E-state index in [2.05, 4.69) is 41.7 Å². The Labute approximate surface area is 94.0 Å². The zero-order valence-corrected chi connectivity index (χ0v) is 10.5. The highest BCUT2D eigenvalue weighted by molar-refractivity contribution is 9.10.